The summed E-state index contributed by atoms with van der Waals surface area (Å²) in [5.74, 6) is 1.17. The molecule has 2 N–H and O–H groups in total. The highest BCUT2D eigenvalue weighted by Crippen LogP contribution is 2.22. The fourth-order valence-corrected chi connectivity index (χ4v) is 2.24. The van der Waals surface area contributed by atoms with Crippen molar-refractivity contribution in [3.63, 3.8) is 0 Å². The average Bonchev–Trinajstić information content (AvgIpc) is 2.18. The van der Waals surface area contributed by atoms with Gasteiger partial charge in [0.1, 0.15) is 0 Å². The fraction of sp³-hybridized carbons (Fsp3) is 0.500. The summed E-state index contributed by atoms with van der Waals surface area (Å²) in [4.78, 5) is 3.54. The summed E-state index contributed by atoms with van der Waals surface area (Å²) < 4.78 is 0. The molecule has 0 saturated heterocycles. The van der Waals surface area contributed by atoms with Gasteiger partial charge in [0, 0.05) is 10.6 Å². The van der Waals surface area contributed by atoms with Crippen molar-refractivity contribution in [1.29, 1.82) is 0 Å². The molecule has 0 atom stereocenters. The Hall–Kier alpha value is -0.670. The van der Waals surface area contributed by atoms with E-state index in [0.29, 0.717) is 0 Å². The summed E-state index contributed by atoms with van der Waals surface area (Å²) in [6.07, 6.45) is 1.22. The predicted octanol–water partition coefficient (Wildman–Crippen LogP) is 2.62. The lowest BCUT2D eigenvalue weighted by Crippen LogP contribution is -2.13. The Morgan fingerprint density at radius 1 is 1.33 bits per heavy atom. The Labute approximate surface area is 96.8 Å². The van der Waals surface area contributed by atoms with E-state index in [1.165, 1.54) is 22.6 Å². The molecule has 84 valence electrons. The summed E-state index contributed by atoms with van der Waals surface area (Å²) >= 11 is 1.90. The highest BCUT2D eigenvalue weighted by atomic mass is 32.2. The summed E-state index contributed by atoms with van der Waals surface area (Å²) in [7, 11) is 4.22. The average molecular weight is 224 g/mol. The van der Waals surface area contributed by atoms with E-state index in [9.17, 15) is 0 Å². The number of anilines is 1. The maximum absolute atomic E-state index is 5.77. The van der Waals surface area contributed by atoms with E-state index in [0.717, 1.165) is 12.2 Å². The van der Waals surface area contributed by atoms with Crippen LogP contribution >= 0.6 is 11.8 Å². The van der Waals surface area contributed by atoms with Crippen molar-refractivity contribution < 1.29 is 0 Å². The van der Waals surface area contributed by atoms with Gasteiger partial charge in [0.05, 0.1) is 0 Å². The van der Waals surface area contributed by atoms with Crippen LogP contribution in [0.2, 0.25) is 0 Å². The fourth-order valence-electron chi connectivity index (χ4n) is 1.31. The molecule has 1 aromatic rings. The van der Waals surface area contributed by atoms with Crippen molar-refractivity contribution in [2.24, 2.45) is 0 Å². The number of hydrogen-bond donors (Lipinski definition) is 1. The van der Waals surface area contributed by atoms with Crippen molar-refractivity contribution >= 4 is 17.4 Å². The second-order valence-electron chi connectivity index (χ2n) is 4.02. The molecule has 1 rings (SSSR count). The van der Waals surface area contributed by atoms with E-state index in [1.807, 2.05) is 17.8 Å². The minimum atomic E-state index is 0.882. The Morgan fingerprint density at radius 3 is 2.67 bits per heavy atom. The van der Waals surface area contributed by atoms with E-state index < -0.39 is 0 Å². The second kappa shape index (κ2) is 6.03. The highest BCUT2D eigenvalue weighted by molar-refractivity contribution is 7.99. The van der Waals surface area contributed by atoms with Crippen LogP contribution in [0.25, 0.3) is 0 Å². The Bertz CT molecular complexity index is 310. The van der Waals surface area contributed by atoms with Gasteiger partial charge in [-0.25, -0.2) is 0 Å². The molecule has 0 radical (unpaired) electrons. The lowest BCUT2D eigenvalue weighted by atomic mass is 10.2. The van der Waals surface area contributed by atoms with Crippen LogP contribution in [0.4, 0.5) is 5.69 Å². The van der Waals surface area contributed by atoms with Crippen molar-refractivity contribution in [1.82, 2.24) is 4.90 Å². The zero-order chi connectivity index (χ0) is 11.3. The van der Waals surface area contributed by atoms with Crippen molar-refractivity contribution in [3.8, 4) is 0 Å². The normalized spacial score (nSPS) is 10.9. The molecule has 0 amide bonds. The van der Waals surface area contributed by atoms with Crippen LogP contribution in [-0.4, -0.2) is 31.3 Å². The molecule has 0 aliphatic heterocycles. The van der Waals surface area contributed by atoms with Crippen LogP contribution in [0.3, 0.4) is 0 Å². The third kappa shape index (κ3) is 4.58. The number of nitrogens with two attached hydrogens (primary N) is 1. The van der Waals surface area contributed by atoms with Gasteiger partial charge in [-0.2, -0.15) is 0 Å². The summed E-state index contributed by atoms with van der Waals surface area (Å²) in [6, 6.07) is 6.25. The first-order chi connectivity index (χ1) is 7.09. The van der Waals surface area contributed by atoms with Crippen LogP contribution in [-0.2, 0) is 0 Å². The third-order valence-corrected chi connectivity index (χ3v) is 3.34. The highest BCUT2D eigenvalue weighted by Gasteiger charge is 1.98. The Morgan fingerprint density at radius 2 is 2.07 bits per heavy atom. The van der Waals surface area contributed by atoms with E-state index in [2.05, 4.69) is 38.1 Å². The Balaban J connectivity index is 2.35. The smallest absolute Gasteiger partial charge is 0.0344 e. The lowest BCUT2D eigenvalue weighted by molar-refractivity contribution is 0.410. The molecule has 2 nitrogen and oxygen atoms in total. The van der Waals surface area contributed by atoms with Gasteiger partial charge in [0.15, 0.2) is 0 Å². The second-order valence-corrected chi connectivity index (χ2v) is 5.19. The first-order valence-corrected chi connectivity index (χ1v) is 6.22. The van der Waals surface area contributed by atoms with Gasteiger partial charge in [-0.05, 0) is 63.5 Å². The Kier molecular flexibility index (Phi) is 4.99. The third-order valence-electron chi connectivity index (χ3n) is 2.26. The topological polar surface area (TPSA) is 29.3 Å². The maximum Gasteiger partial charge on any atom is 0.0344 e. The summed E-state index contributed by atoms with van der Waals surface area (Å²) in [6.45, 7) is 3.21. The molecule has 0 fully saturated rings. The first kappa shape index (κ1) is 12.4. The van der Waals surface area contributed by atoms with Gasteiger partial charge in [-0.1, -0.05) is 0 Å². The first-order valence-electron chi connectivity index (χ1n) is 5.23. The van der Waals surface area contributed by atoms with Gasteiger partial charge in [-0.3, -0.25) is 0 Å². The number of nitrogens with zero attached hydrogens (tertiary/aromatic N) is 1. The minimum absolute atomic E-state index is 0.882. The number of hydrogen-bond acceptors (Lipinski definition) is 3. The van der Waals surface area contributed by atoms with Gasteiger partial charge >= 0.3 is 0 Å². The number of aryl methyl sites for hydroxylation is 1. The van der Waals surface area contributed by atoms with E-state index in [-0.39, 0.29) is 0 Å². The zero-order valence-electron chi connectivity index (χ0n) is 9.79. The molecular formula is C12H20N2S. The molecule has 0 aliphatic rings. The van der Waals surface area contributed by atoms with Crippen molar-refractivity contribution in [3.05, 3.63) is 23.8 Å². The molecule has 15 heavy (non-hydrogen) atoms. The number of thioether (sulfide) groups is 1. The number of rotatable bonds is 5. The minimum Gasteiger partial charge on any atom is -0.399 e. The molecule has 0 aromatic heterocycles. The van der Waals surface area contributed by atoms with E-state index in [4.69, 9.17) is 5.73 Å². The van der Waals surface area contributed by atoms with E-state index in [1.54, 1.807) is 0 Å². The monoisotopic (exact) mass is 224 g/mol. The van der Waals surface area contributed by atoms with Crippen LogP contribution < -0.4 is 5.73 Å². The van der Waals surface area contributed by atoms with Gasteiger partial charge in [-0.15, -0.1) is 11.8 Å². The maximum atomic E-state index is 5.77. The molecule has 0 spiro atoms. The largest absolute Gasteiger partial charge is 0.399 e. The van der Waals surface area contributed by atoms with Gasteiger partial charge < -0.3 is 10.6 Å². The predicted molar refractivity (Wildman–Crippen MR) is 69.5 cm³/mol. The van der Waals surface area contributed by atoms with Crippen molar-refractivity contribution in [2.75, 3.05) is 32.1 Å². The lowest BCUT2D eigenvalue weighted by Gasteiger charge is -2.09. The van der Waals surface area contributed by atoms with E-state index >= 15 is 0 Å². The van der Waals surface area contributed by atoms with Crippen LogP contribution in [0.15, 0.2) is 23.1 Å². The van der Waals surface area contributed by atoms with Crippen LogP contribution in [0.5, 0.6) is 0 Å². The van der Waals surface area contributed by atoms with Gasteiger partial charge in [0.2, 0.25) is 0 Å². The molecule has 1 aromatic carbocycles. The quantitative estimate of drug-likeness (QED) is 0.473. The number of nitrogen functional groups attached to an aromatic ring is 1. The number of benzene rings is 1. The van der Waals surface area contributed by atoms with Crippen LogP contribution in [0.1, 0.15) is 12.0 Å². The van der Waals surface area contributed by atoms with Crippen LogP contribution in [0, 0.1) is 6.92 Å². The summed E-state index contributed by atoms with van der Waals surface area (Å²) in [5, 5.41) is 0. The molecular weight excluding hydrogens is 204 g/mol. The molecule has 0 saturated carbocycles. The van der Waals surface area contributed by atoms with Crippen molar-refractivity contribution in [2.45, 2.75) is 18.2 Å². The molecule has 0 bridgehead atoms. The molecule has 0 aliphatic carbocycles. The molecule has 0 heterocycles. The standard InChI is InChI=1S/C12H20N2S/c1-10-9-11(5-6-12(10)13)15-8-4-7-14(2)3/h5-6,9H,4,7-8,13H2,1-3H3. The SMILES string of the molecule is Cc1cc(SCCCN(C)C)ccc1N. The molecule has 3 heteroatoms. The zero-order valence-corrected chi connectivity index (χ0v) is 10.6. The van der Waals surface area contributed by atoms with Gasteiger partial charge in [0.25, 0.3) is 0 Å². The summed E-state index contributed by atoms with van der Waals surface area (Å²) in [5.41, 5.74) is 7.82. The molecule has 0 unspecified atom stereocenters.